The largest absolute Gasteiger partial charge is 0.505 e. The van der Waals surface area contributed by atoms with Crippen LogP contribution >= 0.6 is 0 Å². The van der Waals surface area contributed by atoms with Crippen molar-refractivity contribution in [2.75, 3.05) is 0 Å². The van der Waals surface area contributed by atoms with Crippen molar-refractivity contribution in [3.05, 3.63) is 59.2 Å². The van der Waals surface area contributed by atoms with E-state index in [1.165, 1.54) is 18.3 Å². The van der Waals surface area contributed by atoms with Crippen LogP contribution in [0.2, 0.25) is 0 Å². The zero-order valence-corrected chi connectivity index (χ0v) is 9.34. The molecule has 1 heterocycles. The molecular formula is C14H9FN2O. The molecule has 0 aliphatic carbocycles. The van der Waals surface area contributed by atoms with Gasteiger partial charge in [0.2, 0.25) is 0 Å². The minimum atomic E-state index is -0.674. The highest BCUT2D eigenvalue weighted by Crippen LogP contribution is 2.18. The smallest absolute Gasteiger partial charge is 0.165 e. The number of pyridine rings is 1. The van der Waals surface area contributed by atoms with Crippen molar-refractivity contribution in [1.29, 1.82) is 5.26 Å². The second kappa shape index (κ2) is 5.11. The van der Waals surface area contributed by atoms with Gasteiger partial charge in [0.05, 0.1) is 5.56 Å². The molecule has 1 aromatic heterocycles. The second-order valence-electron chi connectivity index (χ2n) is 3.62. The Balaban J connectivity index is 2.30. The first kappa shape index (κ1) is 11.8. The minimum Gasteiger partial charge on any atom is -0.505 e. The van der Waals surface area contributed by atoms with E-state index >= 15 is 0 Å². The molecule has 0 saturated carbocycles. The maximum absolute atomic E-state index is 13.1. The Kier molecular flexibility index (Phi) is 3.35. The van der Waals surface area contributed by atoms with Crippen molar-refractivity contribution in [3.63, 3.8) is 0 Å². The normalized spacial score (nSPS) is 10.4. The second-order valence-corrected chi connectivity index (χ2v) is 3.62. The van der Waals surface area contributed by atoms with E-state index in [0.717, 1.165) is 0 Å². The highest BCUT2D eigenvalue weighted by molar-refractivity contribution is 5.72. The Morgan fingerprint density at radius 2 is 2.11 bits per heavy atom. The molecule has 0 bridgehead atoms. The standard InChI is InChI=1S/C14H9FN2O/c15-13-7-10(2-4-14(13)18)1-3-11-5-6-17-9-12(11)8-16/h1-7,9,18H/b3-1+. The molecule has 0 amide bonds. The molecule has 0 radical (unpaired) electrons. The molecule has 2 aromatic rings. The van der Waals surface area contributed by atoms with Gasteiger partial charge in [-0.2, -0.15) is 5.26 Å². The Hall–Kier alpha value is -2.67. The van der Waals surface area contributed by atoms with Crippen molar-refractivity contribution in [1.82, 2.24) is 4.98 Å². The molecule has 2 rings (SSSR count). The van der Waals surface area contributed by atoms with E-state index in [9.17, 15) is 4.39 Å². The van der Waals surface area contributed by atoms with Gasteiger partial charge in [-0.1, -0.05) is 18.2 Å². The van der Waals surface area contributed by atoms with Gasteiger partial charge in [0, 0.05) is 12.4 Å². The highest BCUT2D eigenvalue weighted by Gasteiger charge is 2.00. The van der Waals surface area contributed by atoms with Gasteiger partial charge in [-0.15, -0.1) is 0 Å². The number of hydrogen-bond acceptors (Lipinski definition) is 3. The fourth-order valence-corrected chi connectivity index (χ4v) is 1.46. The molecule has 1 aromatic carbocycles. The minimum absolute atomic E-state index is 0.381. The van der Waals surface area contributed by atoms with Crippen LogP contribution in [0.15, 0.2) is 36.7 Å². The summed E-state index contributed by atoms with van der Waals surface area (Å²) < 4.78 is 13.1. The first-order valence-electron chi connectivity index (χ1n) is 5.21. The van der Waals surface area contributed by atoms with Gasteiger partial charge in [-0.05, 0) is 29.3 Å². The molecule has 3 nitrogen and oxygen atoms in total. The lowest BCUT2D eigenvalue weighted by Crippen LogP contribution is -1.83. The molecule has 0 fully saturated rings. The first-order valence-corrected chi connectivity index (χ1v) is 5.21. The Morgan fingerprint density at radius 3 is 2.83 bits per heavy atom. The number of nitrogens with zero attached hydrogens (tertiary/aromatic N) is 2. The Morgan fingerprint density at radius 1 is 1.28 bits per heavy atom. The number of benzene rings is 1. The molecule has 0 aliphatic rings. The third-order valence-corrected chi connectivity index (χ3v) is 2.40. The molecule has 0 saturated heterocycles. The molecule has 1 N–H and O–H groups in total. The lowest BCUT2D eigenvalue weighted by atomic mass is 10.1. The van der Waals surface area contributed by atoms with Crippen LogP contribution in [-0.2, 0) is 0 Å². The van der Waals surface area contributed by atoms with Crippen LogP contribution < -0.4 is 0 Å². The average Bonchev–Trinajstić information content (AvgIpc) is 2.40. The van der Waals surface area contributed by atoms with Crippen LogP contribution in [0.25, 0.3) is 12.2 Å². The summed E-state index contributed by atoms with van der Waals surface area (Å²) in [6.07, 6.45) is 6.42. The van der Waals surface area contributed by atoms with E-state index < -0.39 is 5.82 Å². The Labute approximate surface area is 103 Å². The van der Waals surface area contributed by atoms with E-state index in [-0.39, 0.29) is 5.75 Å². The van der Waals surface area contributed by atoms with E-state index in [2.05, 4.69) is 4.98 Å². The van der Waals surface area contributed by atoms with Crippen LogP contribution in [0, 0.1) is 17.1 Å². The summed E-state index contributed by atoms with van der Waals surface area (Å²) in [5.74, 6) is -1.05. The summed E-state index contributed by atoms with van der Waals surface area (Å²) in [5.41, 5.74) is 1.76. The van der Waals surface area contributed by atoms with Gasteiger partial charge < -0.3 is 5.11 Å². The van der Waals surface area contributed by atoms with Crippen LogP contribution in [0.3, 0.4) is 0 Å². The van der Waals surface area contributed by atoms with Crippen molar-refractivity contribution in [2.24, 2.45) is 0 Å². The van der Waals surface area contributed by atoms with Gasteiger partial charge in [0.1, 0.15) is 6.07 Å². The number of halogens is 1. The van der Waals surface area contributed by atoms with E-state index in [0.29, 0.717) is 16.7 Å². The highest BCUT2D eigenvalue weighted by atomic mass is 19.1. The van der Waals surface area contributed by atoms with Crippen molar-refractivity contribution in [3.8, 4) is 11.8 Å². The summed E-state index contributed by atoms with van der Waals surface area (Å²) in [7, 11) is 0. The summed E-state index contributed by atoms with van der Waals surface area (Å²) in [6, 6.07) is 7.82. The molecule has 0 unspecified atom stereocenters. The maximum Gasteiger partial charge on any atom is 0.165 e. The van der Waals surface area contributed by atoms with E-state index in [1.54, 1.807) is 30.5 Å². The van der Waals surface area contributed by atoms with Gasteiger partial charge in [0.15, 0.2) is 11.6 Å². The summed E-state index contributed by atoms with van der Waals surface area (Å²) in [4.78, 5) is 3.85. The number of nitriles is 1. The summed E-state index contributed by atoms with van der Waals surface area (Å²) >= 11 is 0. The first-order chi connectivity index (χ1) is 8.70. The zero-order chi connectivity index (χ0) is 13.0. The molecular weight excluding hydrogens is 231 g/mol. The van der Waals surface area contributed by atoms with Crippen molar-refractivity contribution < 1.29 is 9.50 Å². The van der Waals surface area contributed by atoms with Gasteiger partial charge >= 0.3 is 0 Å². The third-order valence-electron chi connectivity index (χ3n) is 2.40. The predicted octanol–water partition coefficient (Wildman–Crippen LogP) is 2.97. The van der Waals surface area contributed by atoms with Crippen molar-refractivity contribution in [2.45, 2.75) is 0 Å². The van der Waals surface area contributed by atoms with Crippen LogP contribution in [0.4, 0.5) is 4.39 Å². The van der Waals surface area contributed by atoms with Crippen molar-refractivity contribution >= 4 is 12.2 Å². The fraction of sp³-hybridized carbons (Fsp3) is 0. The van der Waals surface area contributed by atoms with Gasteiger partial charge in [-0.25, -0.2) is 4.39 Å². The average molecular weight is 240 g/mol. The molecule has 0 atom stereocenters. The molecule has 88 valence electrons. The van der Waals surface area contributed by atoms with Gasteiger partial charge in [-0.3, -0.25) is 4.98 Å². The lowest BCUT2D eigenvalue weighted by molar-refractivity contribution is 0.432. The number of phenols is 1. The third kappa shape index (κ3) is 2.53. The summed E-state index contributed by atoms with van der Waals surface area (Å²) in [5, 5.41) is 17.9. The van der Waals surface area contributed by atoms with Crippen LogP contribution in [0.5, 0.6) is 5.75 Å². The monoisotopic (exact) mass is 240 g/mol. The van der Waals surface area contributed by atoms with Crippen LogP contribution in [-0.4, -0.2) is 10.1 Å². The zero-order valence-electron chi connectivity index (χ0n) is 9.34. The molecule has 18 heavy (non-hydrogen) atoms. The number of phenolic OH excluding ortho intramolecular Hbond substituents is 1. The number of hydrogen-bond donors (Lipinski definition) is 1. The molecule has 0 aliphatic heterocycles. The SMILES string of the molecule is N#Cc1cnccc1/C=C/c1ccc(O)c(F)c1. The summed E-state index contributed by atoms with van der Waals surface area (Å²) in [6.45, 7) is 0. The van der Waals surface area contributed by atoms with Crippen LogP contribution in [0.1, 0.15) is 16.7 Å². The number of aromatic nitrogens is 1. The topological polar surface area (TPSA) is 56.9 Å². The Bertz CT molecular complexity index is 644. The van der Waals surface area contributed by atoms with E-state index in [1.807, 2.05) is 6.07 Å². The number of rotatable bonds is 2. The molecule has 4 heteroatoms. The van der Waals surface area contributed by atoms with Gasteiger partial charge in [0.25, 0.3) is 0 Å². The lowest BCUT2D eigenvalue weighted by Gasteiger charge is -1.98. The number of aromatic hydroxyl groups is 1. The predicted molar refractivity (Wildman–Crippen MR) is 65.9 cm³/mol. The maximum atomic E-state index is 13.1. The van der Waals surface area contributed by atoms with E-state index in [4.69, 9.17) is 10.4 Å². The fourth-order valence-electron chi connectivity index (χ4n) is 1.46. The quantitative estimate of drug-likeness (QED) is 0.877. The molecule has 0 spiro atoms.